The quantitative estimate of drug-likeness (QED) is 0.449. The molecule has 0 saturated heterocycles. The summed E-state index contributed by atoms with van der Waals surface area (Å²) < 4.78 is 7.64. The zero-order valence-electron chi connectivity index (χ0n) is 15.3. The summed E-state index contributed by atoms with van der Waals surface area (Å²) in [4.78, 5) is 0. The number of thioether (sulfide) groups is 1. The fourth-order valence-corrected chi connectivity index (χ4v) is 3.39. The number of ether oxygens (including phenoxy) is 1. The van der Waals surface area contributed by atoms with E-state index in [1.54, 1.807) is 0 Å². The van der Waals surface area contributed by atoms with E-state index in [4.69, 9.17) is 4.74 Å². The molecule has 0 amide bonds. The van der Waals surface area contributed by atoms with E-state index in [1.807, 2.05) is 72.2 Å². The SMILES string of the molecule is C=CCn1c(SC[C@H](O)COc2ccc(C)cc2)nnc1-c1ccccc1. The molecule has 5 nitrogen and oxygen atoms in total. The number of allylic oxidation sites excluding steroid dienone is 1. The van der Waals surface area contributed by atoms with Crippen molar-refractivity contribution in [2.75, 3.05) is 12.4 Å². The summed E-state index contributed by atoms with van der Waals surface area (Å²) in [5.41, 5.74) is 2.18. The lowest BCUT2D eigenvalue weighted by molar-refractivity contribution is 0.126. The summed E-state index contributed by atoms with van der Waals surface area (Å²) in [6.07, 6.45) is 1.21. The van der Waals surface area contributed by atoms with Crippen molar-refractivity contribution in [3.05, 3.63) is 72.8 Å². The molecule has 0 unspecified atom stereocenters. The second kappa shape index (κ2) is 9.39. The molecule has 0 saturated carbocycles. The first-order valence-electron chi connectivity index (χ1n) is 8.77. The second-order valence-electron chi connectivity index (χ2n) is 6.16. The Bertz CT molecular complexity index is 863. The lowest BCUT2D eigenvalue weighted by Gasteiger charge is -2.13. The van der Waals surface area contributed by atoms with Crippen LogP contribution in [0.25, 0.3) is 11.4 Å². The van der Waals surface area contributed by atoms with Gasteiger partial charge in [0, 0.05) is 17.9 Å². The first-order valence-corrected chi connectivity index (χ1v) is 9.76. The van der Waals surface area contributed by atoms with Crippen molar-refractivity contribution >= 4 is 11.8 Å². The van der Waals surface area contributed by atoms with Gasteiger partial charge in [-0.05, 0) is 19.1 Å². The van der Waals surface area contributed by atoms with Gasteiger partial charge in [0.25, 0.3) is 0 Å². The maximum absolute atomic E-state index is 10.2. The van der Waals surface area contributed by atoms with E-state index in [0.29, 0.717) is 12.3 Å². The molecule has 27 heavy (non-hydrogen) atoms. The highest BCUT2D eigenvalue weighted by Gasteiger charge is 2.15. The van der Waals surface area contributed by atoms with Crippen LogP contribution < -0.4 is 4.74 Å². The van der Waals surface area contributed by atoms with Gasteiger partial charge in [-0.25, -0.2) is 0 Å². The highest BCUT2D eigenvalue weighted by atomic mass is 32.2. The van der Waals surface area contributed by atoms with E-state index in [0.717, 1.165) is 22.3 Å². The fraction of sp³-hybridized carbons (Fsp3) is 0.238. The van der Waals surface area contributed by atoms with Gasteiger partial charge in [-0.3, -0.25) is 4.57 Å². The molecule has 0 aliphatic rings. The van der Waals surface area contributed by atoms with Crippen LogP contribution in [0, 0.1) is 6.92 Å². The topological polar surface area (TPSA) is 60.2 Å². The fourth-order valence-electron chi connectivity index (χ4n) is 2.54. The van der Waals surface area contributed by atoms with Crippen LogP contribution in [-0.2, 0) is 6.54 Å². The third kappa shape index (κ3) is 5.21. The second-order valence-corrected chi connectivity index (χ2v) is 7.15. The normalized spacial score (nSPS) is 11.9. The van der Waals surface area contributed by atoms with E-state index in [9.17, 15) is 5.11 Å². The summed E-state index contributed by atoms with van der Waals surface area (Å²) in [5.74, 6) is 2.02. The van der Waals surface area contributed by atoms with Crippen LogP contribution in [0.5, 0.6) is 5.75 Å². The number of hydrogen-bond acceptors (Lipinski definition) is 5. The van der Waals surface area contributed by atoms with Crippen LogP contribution in [-0.4, -0.2) is 38.3 Å². The molecule has 0 fully saturated rings. The molecule has 140 valence electrons. The molecule has 1 aromatic heterocycles. The predicted molar refractivity (Wildman–Crippen MR) is 109 cm³/mol. The van der Waals surface area contributed by atoms with Crippen LogP contribution in [0.3, 0.4) is 0 Å². The van der Waals surface area contributed by atoms with Crippen molar-refractivity contribution in [2.24, 2.45) is 0 Å². The van der Waals surface area contributed by atoms with Crippen molar-refractivity contribution in [2.45, 2.75) is 24.7 Å². The third-order valence-corrected chi connectivity index (χ3v) is 5.04. The molecule has 0 aliphatic heterocycles. The largest absolute Gasteiger partial charge is 0.491 e. The molecule has 2 aromatic carbocycles. The van der Waals surface area contributed by atoms with Gasteiger partial charge in [0.2, 0.25) is 0 Å². The number of hydrogen-bond donors (Lipinski definition) is 1. The van der Waals surface area contributed by atoms with Gasteiger partial charge in [-0.2, -0.15) is 0 Å². The molecule has 3 aromatic rings. The Morgan fingerprint density at radius 2 is 1.89 bits per heavy atom. The molecule has 1 N–H and O–H groups in total. The minimum absolute atomic E-state index is 0.233. The smallest absolute Gasteiger partial charge is 0.191 e. The van der Waals surface area contributed by atoms with E-state index in [1.165, 1.54) is 17.3 Å². The van der Waals surface area contributed by atoms with E-state index in [-0.39, 0.29) is 6.61 Å². The monoisotopic (exact) mass is 381 g/mol. The van der Waals surface area contributed by atoms with Crippen molar-refractivity contribution in [3.8, 4) is 17.1 Å². The third-order valence-electron chi connectivity index (χ3n) is 3.93. The Morgan fingerprint density at radius 3 is 2.59 bits per heavy atom. The van der Waals surface area contributed by atoms with Gasteiger partial charge < -0.3 is 9.84 Å². The van der Waals surface area contributed by atoms with Crippen molar-refractivity contribution in [1.82, 2.24) is 14.8 Å². The van der Waals surface area contributed by atoms with E-state index < -0.39 is 6.10 Å². The zero-order valence-corrected chi connectivity index (χ0v) is 16.1. The molecule has 1 heterocycles. The molecule has 0 aliphatic carbocycles. The van der Waals surface area contributed by atoms with Crippen molar-refractivity contribution in [3.63, 3.8) is 0 Å². The summed E-state index contributed by atoms with van der Waals surface area (Å²) in [5, 5.41) is 19.6. The van der Waals surface area contributed by atoms with Gasteiger partial charge in [-0.15, -0.1) is 16.8 Å². The van der Waals surface area contributed by atoms with Gasteiger partial charge in [-0.1, -0.05) is 65.9 Å². The van der Waals surface area contributed by atoms with Crippen molar-refractivity contribution < 1.29 is 9.84 Å². The van der Waals surface area contributed by atoms with Crippen molar-refractivity contribution in [1.29, 1.82) is 0 Å². The van der Waals surface area contributed by atoms with Gasteiger partial charge in [0.05, 0.1) is 6.10 Å². The minimum atomic E-state index is -0.606. The van der Waals surface area contributed by atoms with Crippen LogP contribution in [0.2, 0.25) is 0 Å². The molecule has 0 radical (unpaired) electrons. The Labute approximate surface area is 163 Å². The maximum Gasteiger partial charge on any atom is 0.191 e. The predicted octanol–water partition coefficient (Wildman–Crippen LogP) is 3.97. The number of rotatable bonds is 9. The number of aromatic nitrogens is 3. The van der Waals surface area contributed by atoms with Gasteiger partial charge in [0.1, 0.15) is 12.4 Å². The number of nitrogens with zero attached hydrogens (tertiary/aromatic N) is 3. The summed E-state index contributed by atoms with van der Waals surface area (Å²) in [6.45, 7) is 6.69. The average molecular weight is 382 g/mol. The van der Waals surface area contributed by atoms with Crippen LogP contribution >= 0.6 is 11.8 Å². The lowest BCUT2D eigenvalue weighted by atomic mass is 10.2. The number of benzene rings is 2. The van der Waals surface area contributed by atoms with Crippen LogP contribution in [0.15, 0.2) is 72.4 Å². The Balaban J connectivity index is 1.60. The standard InChI is InChI=1S/C21H23N3O2S/c1-3-13-24-20(17-7-5-4-6-8-17)22-23-21(24)27-15-18(25)14-26-19-11-9-16(2)10-12-19/h3-12,18,25H,1,13-15H2,2H3/t18-/m1/s1. The molecule has 1 atom stereocenters. The molecule has 3 rings (SSSR count). The van der Waals surface area contributed by atoms with E-state index >= 15 is 0 Å². The number of aliphatic hydroxyl groups excluding tert-OH is 1. The average Bonchev–Trinajstić information content (AvgIpc) is 3.09. The molecular weight excluding hydrogens is 358 g/mol. The summed E-state index contributed by atoms with van der Waals surface area (Å²) in [6, 6.07) is 17.7. The summed E-state index contributed by atoms with van der Waals surface area (Å²) >= 11 is 1.46. The van der Waals surface area contributed by atoms with Gasteiger partial charge >= 0.3 is 0 Å². The highest BCUT2D eigenvalue weighted by Crippen LogP contribution is 2.24. The minimum Gasteiger partial charge on any atom is -0.491 e. The zero-order chi connectivity index (χ0) is 19.1. The van der Waals surface area contributed by atoms with Crippen LogP contribution in [0.4, 0.5) is 0 Å². The number of aliphatic hydroxyl groups is 1. The Kier molecular flexibility index (Phi) is 6.68. The molecule has 6 heteroatoms. The van der Waals surface area contributed by atoms with E-state index in [2.05, 4.69) is 16.8 Å². The molecule has 0 spiro atoms. The highest BCUT2D eigenvalue weighted by molar-refractivity contribution is 7.99. The Hall–Kier alpha value is -2.57. The maximum atomic E-state index is 10.2. The lowest BCUT2D eigenvalue weighted by Crippen LogP contribution is -2.20. The molecule has 0 bridgehead atoms. The molecular formula is C21H23N3O2S. The Morgan fingerprint density at radius 1 is 1.15 bits per heavy atom. The summed E-state index contributed by atoms with van der Waals surface area (Å²) in [7, 11) is 0. The van der Waals surface area contributed by atoms with Crippen LogP contribution in [0.1, 0.15) is 5.56 Å². The first-order chi connectivity index (χ1) is 13.2. The van der Waals surface area contributed by atoms with Gasteiger partial charge in [0.15, 0.2) is 11.0 Å². The number of aryl methyl sites for hydroxylation is 1. The first kappa shape index (κ1) is 19.2.